The van der Waals surface area contributed by atoms with E-state index in [4.69, 9.17) is 37.8 Å². The second-order valence-corrected chi connectivity index (χ2v) is 15.3. The minimum atomic E-state index is -1.15. The third-order valence-corrected chi connectivity index (χ3v) is 10.5. The zero-order valence-electron chi connectivity index (χ0n) is 36.4. The van der Waals surface area contributed by atoms with Gasteiger partial charge >= 0.3 is 11.9 Å². The van der Waals surface area contributed by atoms with Gasteiger partial charge in [0, 0.05) is 92.4 Å². The minimum Gasteiger partial charge on any atom is -0.508 e. The molecular formula is C48H38N10O10S2. The fraction of sp³-hybridized carbons (Fsp3) is 0.125. The van der Waals surface area contributed by atoms with E-state index in [1.54, 1.807) is 48.5 Å². The summed E-state index contributed by atoms with van der Waals surface area (Å²) in [4.78, 5) is 57.0. The van der Waals surface area contributed by atoms with Gasteiger partial charge in [-0.2, -0.15) is 4.99 Å². The smallest absolute Gasteiger partial charge is 0.336 e. The van der Waals surface area contributed by atoms with Crippen LogP contribution in [-0.4, -0.2) is 68.8 Å². The van der Waals surface area contributed by atoms with Crippen molar-refractivity contribution in [1.82, 2.24) is 5.32 Å². The lowest BCUT2D eigenvalue weighted by molar-refractivity contribution is 0.0687. The van der Waals surface area contributed by atoms with Gasteiger partial charge in [0.25, 0.3) is 0 Å². The number of benzene rings is 6. The summed E-state index contributed by atoms with van der Waals surface area (Å²) in [5, 5.41) is 55.8. The van der Waals surface area contributed by atoms with Crippen LogP contribution in [0.4, 0.5) is 11.4 Å². The number of phenols is 2. The van der Waals surface area contributed by atoms with E-state index in [1.807, 2.05) is 0 Å². The van der Waals surface area contributed by atoms with Crippen LogP contribution in [0.3, 0.4) is 0 Å². The molecule has 20 nitrogen and oxygen atoms in total. The van der Waals surface area contributed by atoms with Gasteiger partial charge in [0.1, 0.15) is 34.2 Å². The molecule has 352 valence electrons. The molecule has 4 aromatic rings. The Hall–Kier alpha value is -9.13. The molecule has 0 fully saturated rings. The van der Waals surface area contributed by atoms with E-state index in [1.165, 1.54) is 60.7 Å². The molecule has 0 aromatic heterocycles. The Bertz CT molecular complexity index is 3510. The normalized spacial score (nSPS) is 10.4. The average molecular weight is 979 g/mol. The monoisotopic (exact) mass is 978 g/mol. The number of aromatic hydroxyl groups is 2. The number of nitrogens with two attached hydrogens (primary N) is 1. The number of carboxylic acids is 2. The highest BCUT2D eigenvalue weighted by atomic mass is 32.1. The molecule has 0 saturated carbocycles. The Labute approximate surface area is 405 Å². The molecule has 4 aliphatic rings. The molecule has 0 bridgehead atoms. The second kappa shape index (κ2) is 23.5. The molecule has 0 saturated heterocycles. The lowest BCUT2D eigenvalue weighted by Crippen LogP contribution is -2.29. The van der Waals surface area contributed by atoms with Crippen molar-refractivity contribution in [3.8, 4) is 56.4 Å². The summed E-state index contributed by atoms with van der Waals surface area (Å²) in [6.07, 6.45) is 1.37. The Balaban J connectivity index is 0.000000206. The molecule has 2 heterocycles. The number of carbonyl (C=O) groups is 2. The lowest BCUT2D eigenvalue weighted by atomic mass is 9.90. The number of fused-ring (bicyclic) bond motifs is 4. The zero-order chi connectivity index (χ0) is 50.3. The maximum Gasteiger partial charge on any atom is 0.336 e. The standard InChI is InChI=1S/C24H19N5O5S.C21H11NO5S.C3H8N4/c25-29-27-9-1-8-26-24(35)28-13-2-5-16(19(10-13)23(32)33)22-17-6-3-14(30)11-20(17)34-21-12-15(31)4-7-18(21)22;23-12-2-5-15-18(8-12)27-19-9-13(24)3-6-16(19)20(15)14-4-1-11(22-10-28)7-17(14)21(25)26;4-2-1-3-6-7-5/h2-7,10-12,30H,1,8-9H2,(H,32,33)(H2,26,28,35);1-9,23H,(H,25,26);1-4H2. The van der Waals surface area contributed by atoms with Crippen molar-refractivity contribution in [3.05, 3.63) is 162 Å². The fourth-order valence-electron chi connectivity index (χ4n) is 7.14. The number of azide groups is 2. The predicted molar refractivity (Wildman–Crippen MR) is 272 cm³/mol. The summed E-state index contributed by atoms with van der Waals surface area (Å²) >= 11 is 9.85. The van der Waals surface area contributed by atoms with Gasteiger partial charge in [0.2, 0.25) is 0 Å². The second-order valence-electron chi connectivity index (χ2n) is 14.7. The highest BCUT2D eigenvalue weighted by molar-refractivity contribution is 7.80. The van der Waals surface area contributed by atoms with Crippen molar-refractivity contribution in [1.29, 1.82) is 0 Å². The molecule has 4 aromatic carbocycles. The van der Waals surface area contributed by atoms with Crippen LogP contribution in [-0.2, 0) is 0 Å². The Morgan fingerprint density at radius 1 is 0.671 bits per heavy atom. The topological polar surface area (TPSA) is 335 Å². The van der Waals surface area contributed by atoms with Crippen LogP contribution in [0.1, 0.15) is 33.6 Å². The van der Waals surface area contributed by atoms with Crippen LogP contribution in [0.5, 0.6) is 11.5 Å². The first-order chi connectivity index (χ1) is 33.8. The average Bonchev–Trinajstić information content (AvgIpc) is 3.33. The number of thiocarbonyl (C=S) groups is 2. The summed E-state index contributed by atoms with van der Waals surface area (Å²) < 4.78 is 11.6. The summed E-state index contributed by atoms with van der Waals surface area (Å²) in [6, 6.07) is 27.2. The van der Waals surface area contributed by atoms with Crippen LogP contribution in [0.25, 0.3) is 87.7 Å². The third-order valence-electron chi connectivity index (χ3n) is 10.1. The van der Waals surface area contributed by atoms with Gasteiger partial charge in [-0.1, -0.05) is 22.4 Å². The number of anilines is 1. The maximum atomic E-state index is 12.3. The van der Waals surface area contributed by atoms with Gasteiger partial charge in [-0.3, -0.25) is 9.59 Å². The molecular weight excluding hydrogens is 941 g/mol. The molecule has 0 spiro atoms. The molecule has 0 amide bonds. The first-order valence-electron chi connectivity index (χ1n) is 20.8. The summed E-state index contributed by atoms with van der Waals surface area (Å²) in [7, 11) is 0. The Morgan fingerprint density at radius 3 is 1.67 bits per heavy atom. The molecule has 8 rings (SSSR count). The number of phenolic OH excluding ortho intramolecular Hbond substituents is 2. The van der Waals surface area contributed by atoms with Crippen molar-refractivity contribution < 1.29 is 38.8 Å². The fourth-order valence-corrected chi connectivity index (χ4v) is 7.47. The van der Waals surface area contributed by atoms with E-state index in [-0.39, 0.29) is 45.0 Å². The van der Waals surface area contributed by atoms with Gasteiger partial charge in [-0.05, 0) is 139 Å². The molecule has 8 N–H and O–H groups in total. The van der Waals surface area contributed by atoms with E-state index >= 15 is 0 Å². The number of aliphatic imine (C=N–C) groups is 1. The molecule has 0 unspecified atom stereocenters. The van der Waals surface area contributed by atoms with E-state index in [0.29, 0.717) is 104 Å². The van der Waals surface area contributed by atoms with Crippen molar-refractivity contribution >= 4 is 80.0 Å². The molecule has 2 aliphatic heterocycles. The lowest BCUT2D eigenvalue weighted by Gasteiger charge is -2.18. The Kier molecular flexibility index (Phi) is 16.9. The van der Waals surface area contributed by atoms with E-state index in [0.717, 1.165) is 6.42 Å². The predicted octanol–water partition coefficient (Wildman–Crippen LogP) is 10.3. The van der Waals surface area contributed by atoms with Crippen LogP contribution < -0.4 is 27.2 Å². The number of carboxylic acid groups (broad SMARTS) is 2. The van der Waals surface area contributed by atoms with E-state index in [2.05, 4.69) is 53.1 Å². The minimum absolute atomic E-state index is 0.00855. The van der Waals surface area contributed by atoms with Crippen molar-refractivity contribution in [2.75, 3.05) is 31.5 Å². The number of aromatic carboxylic acids is 2. The van der Waals surface area contributed by atoms with Crippen LogP contribution >= 0.6 is 24.4 Å². The zero-order valence-corrected chi connectivity index (χ0v) is 38.0. The SMILES string of the molecule is O=C(O)c1cc(N=C=S)ccc1-c1c2ccc(=O)cc-2oc2cc(O)ccc12.[N-]=[N+]=NCCCN.[N-]=[N+]=NCCCNC(=S)Nc1ccc(-c2c3ccc(=O)cc-3oc3cc(O)ccc23)c(C(=O)O)c1. The van der Waals surface area contributed by atoms with Gasteiger partial charge in [0.05, 0.1) is 22.0 Å². The quantitative estimate of drug-likeness (QED) is 0.0107. The molecule has 22 heteroatoms. The van der Waals surface area contributed by atoms with Gasteiger partial charge in [0.15, 0.2) is 16.0 Å². The van der Waals surface area contributed by atoms with Crippen molar-refractivity contribution in [2.45, 2.75) is 12.8 Å². The first-order valence-corrected chi connectivity index (χ1v) is 21.6. The van der Waals surface area contributed by atoms with Gasteiger partial charge < -0.3 is 45.6 Å². The van der Waals surface area contributed by atoms with Crippen LogP contribution in [0.15, 0.2) is 143 Å². The van der Waals surface area contributed by atoms with Crippen LogP contribution in [0.2, 0.25) is 0 Å². The van der Waals surface area contributed by atoms with E-state index < -0.39 is 11.9 Å². The first kappa shape index (κ1) is 50.3. The Morgan fingerprint density at radius 2 is 1.17 bits per heavy atom. The highest BCUT2D eigenvalue weighted by Crippen LogP contribution is 2.44. The number of isothiocyanates is 1. The van der Waals surface area contributed by atoms with Crippen LogP contribution in [0, 0.1) is 0 Å². The molecule has 0 atom stereocenters. The van der Waals surface area contributed by atoms with Gasteiger partial charge in [-0.25, -0.2) is 9.59 Å². The maximum absolute atomic E-state index is 12.3. The third kappa shape index (κ3) is 12.2. The molecule has 0 radical (unpaired) electrons. The summed E-state index contributed by atoms with van der Waals surface area (Å²) in [6.45, 7) is 1.93. The summed E-state index contributed by atoms with van der Waals surface area (Å²) in [5.74, 6) is -1.77. The highest BCUT2D eigenvalue weighted by Gasteiger charge is 2.24. The van der Waals surface area contributed by atoms with Crippen molar-refractivity contribution in [3.63, 3.8) is 0 Å². The number of hydrogen-bond donors (Lipinski definition) is 7. The number of rotatable bonds is 13. The summed E-state index contributed by atoms with van der Waals surface area (Å²) in [5.41, 5.74) is 25.2. The molecule has 2 aliphatic carbocycles. The largest absolute Gasteiger partial charge is 0.508 e. The molecule has 70 heavy (non-hydrogen) atoms. The number of nitrogens with one attached hydrogen (secondary N) is 2. The number of nitrogens with zero attached hydrogens (tertiary/aromatic N) is 7. The van der Waals surface area contributed by atoms with Crippen molar-refractivity contribution in [2.24, 2.45) is 21.0 Å². The van der Waals surface area contributed by atoms with Gasteiger partial charge in [-0.15, -0.1) is 0 Å². The number of hydrogen-bond acceptors (Lipinski definition) is 14. The van der Waals surface area contributed by atoms with E-state index in [9.17, 15) is 39.6 Å².